The van der Waals surface area contributed by atoms with Gasteiger partial charge in [0.2, 0.25) is 0 Å². The summed E-state index contributed by atoms with van der Waals surface area (Å²) in [6.45, 7) is 0. The normalized spacial score (nSPS) is 12.6. The van der Waals surface area contributed by atoms with Crippen molar-refractivity contribution >= 4 is 104 Å². The molecule has 1 aliphatic heterocycles. The summed E-state index contributed by atoms with van der Waals surface area (Å²) in [6, 6.07) is 76.2. The molecule has 0 radical (unpaired) electrons. The van der Waals surface area contributed by atoms with E-state index in [4.69, 9.17) is 0 Å². The van der Waals surface area contributed by atoms with Crippen LogP contribution >= 0.6 is 23.1 Å². The lowest BCUT2D eigenvalue weighted by Gasteiger charge is -2.33. The molecule has 0 aliphatic carbocycles. The largest absolute Gasteiger partial charge is 0.309 e. The van der Waals surface area contributed by atoms with Crippen LogP contribution in [0.15, 0.2) is 216 Å². The van der Waals surface area contributed by atoms with E-state index in [9.17, 15) is 0 Å². The average molecular weight is 799 g/mol. The molecule has 0 unspecified atom stereocenters. The Morgan fingerprint density at radius 2 is 1.07 bits per heavy atom. The van der Waals surface area contributed by atoms with Crippen molar-refractivity contribution in [1.82, 2.24) is 4.57 Å². The molecule has 0 N–H and O–H groups in total. The van der Waals surface area contributed by atoms with Crippen LogP contribution in [0.4, 0.5) is 17.1 Å². The van der Waals surface area contributed by atoms with Crippen LogP contribution in [0.5, 0.6) is 0 Å². The van der Waals surface area contributed by atoms with Gasteiger partial charge in [-0.05, 0) is 135 Å². The molecule has 0 saturated carbocycles. The number of hydrogen-bond acceptors (Lipinski definition) is 3. The smallest absolute Gasteiger partial charge is 0.0602 e. The molecule has 3 heterocycles. The molecule has 12 aromatic rings. The fourth-order valence-corrected chi connectivity index (χ4v) is 11.7. The zero-order valence-corrected chi connectivity index (χ0v) is 34.0. The SMILES string of the molecule is c1ccc(-c2cccc(N3c4ccccc4Sc4cc(-c5ccc6c(c5)c5ccccc5n6-c5ccc6cc7c(ccc8sc9ccccc9c87)cc6c5)ccc43)c2)cc1. The minimum absolute atomic E-state index is 1.16. The van der Waals surface area contributed by atoms with Gasteiger partial charge in [0.1, 0.15) is 0 Å². The summed E-state index contributed by atoms with van der Waals surface area (Å²) in [7, 11) is 0. The van der Waals surface area contributed by atoms with Crippen molar-refractivity contribution in [3.8, 4) is 27.9 Å². The van der Waals surface area contributed by atoms with E-state index in [-0.39, 0.29) is 0 Å². The first kappa shape index (κ1) is 33.8. The number of thiophene rings is 1. The summed E-state index contributed by atoms with van der Waals surface area (Å²) < 4.78 is 5.12. The Balaban J connectivity index is 0.915. The molecule has 0 fully saturated rings. The third-order valence-electron chi connectivity index (χ3n) is 12.3. The van der Waals surface area contributed by atoms with E-state index in [0.29, 0.717) is 0 Å². The van der Waals surface area contributed by atoms with Crippen molar-refractivity contribution < 1.29 is 0 Å². The van der Waals surface area contributed by atoms with Crippen LogP contribution in [0.25, 0.3) is 91.5 Å². The fourth-order valence-electron chi connectivity index (χ4n) is 9.52. The number of rotatable bonds is 4. The number of aromatic nitrogens is 1. The Bertz CT molecular complexity index is 3710. The van der Waals surface area contributed by atoms with Crippen LogP contribution in [0.3, 0.4) is 0 Å². The topological polar surface area (TPSA) is 8.17 Å². The molecule has 0 spiro atoms. The van der Waals surface area contributed by atoms with Crippen LogP contribution in [0.1, 0.15) is 0 Å². The second-order valence-electron chi connectivity index (χ2n) is 15.7. The summed E-state index contributed by atoms with van der Waals surface area (Å²) in [5.74, 6) is 0. The number of fused-ring (bicyclic) bond motifs is 11. The van der Waals surface area contributed by atoms with Gasteiger partial charge in [-0.3, -0.25) is 0 Å². The van der Waals surface area contributed by atoms with Gasteiger partial charge in [0.05, 0.1) is 22.4 Å². The quantitative estimate of drug-likeness (QED) is 0.164. The first-order chi connectivity index (χ1) is 29.7. The molecule has 2 aromatic heterocycles. The zero-order chi connectivity index (χ0) is 39.3. The van der Waals surface area contributed by atoms with Crippen LogP contribution in [-0.2, 0) is 0 Å². The van der Waals surface area contributed by atoms with Crippen molar-refractivity contribution in [2.24, 2.45) is 0 Å². The maximum Gasteiger partial charge on any atom is 0.0602 e. The van der Waals surface area contributed by atoms with Gasteiger partial charge in [0.15, 0.2) is 0 Å². The van der Waals surface area contributed by atoms with Crippen LogP contribution < -0.4 is 4.90 Å². The highest BCUT2D eigenvalue weighted by Crippen LogP contribution is 2.53. The van der Waals surface area contributed by atoms with Gasteiger partial charge < -0.3 is 9.47 Å². The minimum Gasteiger partial charge on any atom is -0.309 e. The monoisotopic (exact) mass is 798 g/mol. The van der Waals surface area contributed by atoms with Gasteiger partial charge in [0, 0.05) is 52.1 Å². The van der Waals surface area contributed by atoms with Gasteiger partial charge in [-0.1, -0.05) is 127 Å². The highest BCUT2D eigenvalue weighted by atomic mass is 32.2. The Morgan fingerprint density at radius 3 is 2.02 bits per heavy atom. The van der Waals surface area contributed by atoms with E-state index >= 15 is 0 Å². The summed E-state index contributed by atoms with van der Waals surface area (Å²) in [5.41, 5.74) is 12.0. The first-order valence-corrected chi connectivity index (χ1v) is 22.0. The molecule has 0 atom stereocenters. The molecule has 2 nitrogen and oxygen atoms in total. The number of para-hydroxylation sites is 2. The maximum atomic E-state index is 2.44. The maximum absolute atomic E-state index is 2.44. The lowest BCUT2D eigenvalue weighted by atomic mass is 9.99. The molecule has 60 heavy (non-hydrogen) atoms. The second kappa shape index (κ2) is 13.2. The lowest BCUT2D eigenvalue weighted by molar-refractivity contribution is 1.17. The third kappa shape index (κ3) is 5.21. The molecule has 4 heteroatoms. The van der Waals surface area contributed by atoms with Crippen molar-refractivity contribution in [3.05, 3.63) is 206 Å². The Hall–Kier alpha value is -7.11. The van der Waals surface area contributed by atoms with Gasteiger partial charge in [-0.15, -0.1) is 11.3 Å². The summed E-state index contributed by atoms with van der Waals surface area (Å²) >= 11 is 3.74. The first-order valence-electron chi connectivity index (χ1n) is 20.4. The van der Waals surface area contributed by atoms with E-state index in [2.05, 4.69) is 216 Å². The lowest BCUT2D eigenvalue weighted by Crippen LogP contribution is -2.14. The van der Waals surface area contributed by atoms with E-state index < -0.39 is 0 Å². The van der Waals surface area contributed by atoms with E-state index in [0.717, 1.165) is 5.69 Å². The van der Waals surface area contributed by atoms with Crippen molar-refractivity contribution in [2.75, 3.05) is 4.90 Å². The van der Waals surface area contributed by atoms with Gasteiger partial charge in [0.25, 0.3) is 0 Å². The molecule has 0 bridgehead atoms. The Kier molecular flexibility index (Phi) is 7.44. The van der Waals surface area contributed by atoms with E-state index in [1.165, 1.54) is 113 Å². The molecule has 1 aliphatic rings. The van der Waals surface area contributed by atoms with Crippen LogP contribution in [-0.4, -0.2) is 4.57 Å². The number of benzene rings is 10. The number of anilines is 3. The van der Waals surface area contributed by atoms with Gasteiger partial charge in [-0.25, -0.2) is 0 Å². The highest BCUT2D eigenvalue weighted by Gasteiger charge is 2.26. The van der Waals surface area contributed by atoms with Crippen molar-refractivity contribution in [2.45, 2.75) is 9.79 Å². The summed E-state index contributed by atoms with van der Waals surface area (Å²) in [6.07, 6.45) is 0. The molecular weight excluding hydrogens is 765 g/mol. The zero-order valence-electron chi connectivity index (χ0n) is 32.3. The Morgan fingerprint density at radius 1 is 0.333 bits per heavy atom. The number of hydrogen-bond donors (Lipinski definition) is 0. The van der Waals surface area contributed by atoms with Crippen LogP contribution in [0.2, 0.25) is 0 Å². The molecular formula is C56H34N2S2. The molecule has 0 amide bonds. The second-order valence-corrected chi connectivity index (χ2v) is 17.9. The van der Waals surface area contributed by atoms with Crippen LogP contribution in [0, 0.1) is 0 Å². The van der Waals surface area contributed by atoms with E-state index in [1.807, 2.05) is 23.1 Å². The fraction of sp³-hybridized carbons (Fsp3) is 0. The molecule has 10 aromatic carbocycles. The third-order valence-corrected chi connectivity index (χ3v) is 14.5. The predicted molar refractivity (Wildman–Crippen MR) is 258 cm³/mol. The van der Waals surface area contributed by atoms with Crippen molar-refractivity contribution in [1.29, 1.82) is 0 Å². The summed E-state index contributed by atoms with van der Waals surface area (Å²) in [5, 5.41) is 10.3. The standard InChI is InChI=1S/C56H34N2S2/c1-2-11-35(12-3-1)36-13-10-14-42(30-36)58-50-18-7-9-20-53(50)60-55-34-39(23-27-51(55)58)37-22-26-49-47(33-37)44-15-4-6-17-48(44)57(49)43-25-21-38-32-46-40(29-41(38)31-43)24-28-54-56(46)45-16-5-8-19-52(45)59-54/h1-34H. The molecule has 13 rings (SSSR count). The van der Waals surface area contributed by atoms with Gasteiger partial charge >= 0.3 is 0 Å². The number of nitrogens with zero attached hydrogens (tertiary/aromatic N) is 2. The Labute approximate surface area is 355 Å². The van der Waals surface area contributed by atoms with Crippen molar-refractivity contribution in [3.63, 3.8) is 0 Å². The highest BCUT2D eigenvalue weighted by molar-refractivity contribution is 7.99. The minimum atomic E-state index is 1.16. The molecule has 280 valence electrons. The average Bonchev–Trinajstić information content (AvgIpc) is 3.86. The van der Waals surface area contributed by atoms with Gasteiger partial charge in [-0.2, -0.15) is 0 Å². The molecule has 0 saturated heterocycles. The summed E-state index contributed by atoms with van der Waals surface area (Å²) in [4.78, 5) is 4.92. The predicted octanol–water partition coefficient (Wildman–Crippen LogP) is 16.7. The van der Waals surface area contributed by atoms with E-state index in [1.54, 1.807) is 0 Å².